The number of hydrogen-bond donors (Lipinski definition) is 1. The molecular formula is C7H9N3. The Kier molecular flexibility index (Phi) is 2.43. The molecule has 0 saturated carbocycles. The van der Waals surface area contributed by atoms with E-state index in [0.29, 0.717) is 6.54 Å². The lowest BCUT2D eigenvalue weighted by atomic mass is 10.5. The van der Waals surface area contributed by atoms with Gasteiger partial charge in [0.25, 0.3) is 0 Å². The largest absolute Gasteiger partial charge is 0.384 e. The lowest BCUT2D eigenvalue weighted by molar-refractivity contribution is 0.796. The summed E-state index contributed by atoms with van der Waals surface area (Å²) in [5.74, 6) is 0.780. The van der Waals surface area contributed by atoms with E-state index in [1.54, 1.807) is 24.7 Å². The molecule has 10 heavy (non-hydrogen) atoms. The van der Waals surface area contributed by atoms with Gasteiger partial charge in [0.05, 0.1) is 6.54 Å². The zero-order valence-corrected chi connectivity index (χ0v) is 5.62. The Labute approximate surface area is 59.8 Å². The highest BCUT2D eigenvalue weighted by Crippen LogP contribution is 1.84. The fourth-order valence-corrected chi connectivity index (χ4v) is 0.585. The highest BCUT2D eigenvalue weighted by atomic mass is 14.9. The van der Waals surface area contributed by atoms with E-state index in [-0.39, 0.29) is 0 Å². The number of hydrogen-bond acceptors (Lipinski definition) is 3. The van der Waals surface area contributed by atoms with Gasteiger partial charge in [0.15, 0.2) is 0 Å². The molecule has 1 heterocycles. The average Bonchev–Trinajstić information content (AvgIpc) is 2.03. The maximum absolute atomic E-state index is 3.99. The molecule has 52 valence electrons. The maximum Gasteiger partial charge on any atom is 0.147 e. The molecule has 3 heteroatoms. The normalized spacial score (nSPS) is 8.80. The molecule has 0 unspecified atom stereocenters. The zero-order chi connectivity index (χ0) is 7.23. The average molecular weight is 135 g/mol. The molecule has 1 aromatic heterocycles. The number of nitrogens with one attached hydrogen (secondary N) is 1. The highest BCUT2D eigenvalue weighted by molar-refractivity contribution is 4.88. The van der Waals surface area contributed by atoms with E-state index in [0.717, 1.165) is 5.82 Å². The molecule has 3 nitrogen and oxygen atoms in total. The molecule has 1 N–H and O–H groups in total. The Balaban J connectivity index is 2.50. The molecule has 0 aliphatic carbocycles. The van der Waals surface area contributed by atoms with Crippen molar-refractivity contribution in [1.82, 2.24) is 15.3 Å². The molecule has 0 radical (unpaired) electrons. The molecule has 0 fully saturated rings. The minimum Gasteiger partial charge on any atom is -0.384 e. The second-order valence-electron chi connectivity index (χ2n) is 1.75. The van der Waals surface area contributed by atoms with Gasteiger partial charge in [-0.15, -0.1) is 0 Å². The van der Waals surface area contributed by atoms with E-state index in [1.165, 1.54) is 0 Å². The van der Waals surface area contributed by atoms with Crippen LogP contribution in [0.5, 0.6) is 0 Å². The molecule has 0 aliphatic rings. The van der Waals surface area contributed by atoms with E-state index in [2.05, 4.69) is 21.9 Å². The molecule has 0 spiro atoms. The molecule has 0 aliphatic heterocycles. The Hall–Kier alpha value is -1.38. The monoisotopic (exact) mass is 135 g/mol. The lowest BCUT2D eigenvalue weighted by Gasteiger charge is -1.96. The van der Waals surface area contributed by atoms with Gasteiger partial charge in [0, 0.05) is 12.4 Å². The van der Waals surface area contributed by atoms with Crippen molar-refractivity contribution in [2.45, 2.75) is 6.54 Å². The second kappa shape index (κ2) is 3.61. The third-order valence-corrected chi connectivity index (χ3v) is 1.02. The lowest BCUT2D eigenvalue weighted by Crippen LogP contribution is -2.06. The van der Waals surface area contributed by atoms with Gasteiger partial charge in [-0.3, -0.25) is 0 Å². The molecule has 1 aromatic rings. The molecule has 1 rings (SSSR count). The van der Waals surface area contributed by atoms with Crippen LogP contribution < -0.4 is 5.32 Å². The summed E-state index contributed by atoms with van der Waals surface area (Å²) in [6, 6.07) is 1.79. The first-order chi connectivity index (χ1) is 4.93. The molecule has 0 atom stereocenters. The highest BCUT2D eigenvalue weighted by Gasteiger charge is 1.87. The first-order valence-corrected chi connectivity index (χ1v) is 3.03. The van der Waals surface area contributed by atoms with Gasteiger partial charge in [-0.05, 0) is 12.3 Å². The van der Waals surface area contributed by atoms with Crippen LogP contribution in [0.2, 0.25) is 0 Å². The minimum atomic E-state index is 0.643. The van der Waals surface area contributed by atoms with Crippen molar-refractivity contribution in [2.75, 3.05) is 0 Å². The van der Waals surface area contributed by atoms with Crippen LogP contribution in [-0.4, -0.2) is 9.97 Å². The Bertz CT molecular complexity index is 195. The van der Waals surface area contributed by atoms with Crippen LogP contribution in [-0.2, 0) is 6.54 Å². The zero-order valence-electron chi connectivity index (χ0n) is 5.62. The van der Waals surface area contributed by atoms with Crippen molar-refractivity contribution in [2.24, 2.45) is 0 Å². The van der Waals surface area contributed by atoms with Crippen molar-refractivity contribution in [3.8, 4) is 0 Å². The van der Waals surface area contributed by atoms with Gasteiger partial charge in [-0.25, -0.2) is 9.97 Å². The summed E-state index contributed by atoms with van der Waals surface area (Å²) >= 11 is 0. The van der Waals surface area contributed by atoms with Crippen molar-refractivity contribution in [3.63, 3.8) is 0 Å². The second-order valence-corrected chi connectivity index (χ2v) is 1.75. The topological polar surface area (TPSA) is 37.8 Å². The summed E-state index contributed by atoms with van der Waals surface area (Å²) in [4.78, 5) is 7.99. The van der Waals surface area contributed by atoms with Gasteiger partial charge in [0.1, 0.15) is 5.82 Å². The van der Waals surface area contributed by atoms with Gasteiger partial charge in [-0.1, -0.05) is 6.58 Å². The van der Waals surface area contributed by atoms with Gasteiger partial charge < -0.3 is 5.32 Å². The van der Waals surface area contributed by atoms with Crippen LogP contribution in [0.25, 0.3) is 0 Å². The molecule has 0 amide bonds. The van der Waals surface area contributed by atoms with Crippen molar-refractivity contribution >= 4 is 0 Å². The van der Waals surface area contributed by atoms with Crippen LogP contribution in [0, 0.1) is 0 Å². The van der Waals surface area contributed by atoms with Gasteiger partial charge >= 0.3 is 0 Å². The SMILES string of the molecule is C=CNCc1ncccn1. The van der Waals surface area contributed by atoms with Crippen molar-refractivity contribution < 1.29 is 0 Å². The third-order valence-electron chi connectivity index (χ3n) is 1.02. The Morgan fingerprint density at radius 3 is 2.80 bits per heavy atom. The third kappa shape index (κ3) is 1.85. The van der Waals surface area contributed by atoms with E-state index in [1.807, 2.05) is 0 Å². The van der Waals surface area contributed by atoms with Crippen LogP contribution in [0.4, 0.5) is 0 Å². The predicted molar refractivity (Wildman–Crippen MR) is 39.1 cm³/mol. The van der Waals surface area contributed by atoms with Crippen LogP contribution in [0.15, 0.2) is 31.2 Å². The summed E-state index contributed by atoms with van der Waals surface area (Å²) in [6.45, 7) is 4.15. The van der Waals surface area contributed by atoms with Crippen molar-refractivity contribution in [3.05, 3.63) is 37.1 Å². The van der Waals surface area contributed by atoms with E-state index >= 15 is 0 Å². The maximum atomic E-state index is 3.99. The van der Waals surface area contributed by atoms with Crippen LogP contribution in [0.3, 0.4) is 0 Å². The fraction of sp³-hybridized carbons (Fsp3) is 0.143. The fourth-order valence-electron chi connectivity index (χ4n) is 0.585. The first kappa shape index (κ1) is 6.74. The minimum absolute atomic E-state index is 0.643. The molecule has 0 saturated heterocycles. The van der Waals surface area contributed by atoms with E-state index in [4.69, 9.17) is 0 Å². The van der Waals surface area contributed by atoms with Crippen LogP contribution in [0.1, 0.15) is 5.82 Å². The molecule has 0 bridgehead atoms. The number of nitrogens with zero attached hydrogens (tertiary/aromatic N) is 2. The van der Waals surface area contributed by atoms with Gasteiger partial charge in [-0.2, -0.15) is 0 Å². The standard InChI is InChI=1S/C7H9N3/c1-2-8-6-7-9-4-3-5-10-7/h2-5,8H,1,6H2. The van der Waals surface area contributed by atoms with Crippen LogP contribution >= 0.6 is 0 Å². The van der Waals surface area contributed by atoms with E-state index < -0.39 is 0 Å². The quantitative estimate of drug-likeness (QED) is 0.663. The summed E-state index contributed by atoms with van der Waals surface area (Å²) in [6.07, 6.45) is 5.05. The summed E-state index contributed by atoms with van der Waals surface area (Å²) in [5.41, 5.74) is 0. The summed E-state index contributed by atoms with van der Waals surface area (Å²) < 4.78 is 0. The molecular weight excluding hydrogens is 126 g/mol. The predicted octanol–water partition coefficient (Wildman–Crippen LogP) is 0.710. The number of rotatable bonds is 3. The van der Waals surface area contributed by atoms with Crippen molar-refractivity contribution in [1.29, 1.82) is 0 Å². The Morgan fingerprint density at radius 1 is 1.50 bits per heavy atom. The smallest absolute Gasteiger partial charge is 0.147 e. The van der Waals surface area contributed by atoms with E-state index in [9.17, 15) is 0 Å². The first-order valence-electron chi connectivity index (χ1n) is 3.03. The van der Waals surface area contributed by atoms with Gasteiger partial charge in [0.2, 0.25) is 0 Å². The number of aromatic nitrogens is 2. The Morgan fingerprint density at radius 2 is 2.20 bits per heavy atom. The summed E-state index contributed by atoms with van der Waals surface area (Å²) in [5, 5.41) is 2.90. The summed E-state index contributed by atoms with van der Waals surface area (Å²) in [7, 11) is 0. The molecule has 0 aromatic carbocycles.